The first-order valence-electron chi connectivity index (χ1n) is 4.65. The van der Waals surface area contributed by atoms with Gasteiger partial charge in [-0.25, -0.2) is 4.79 Å². The fraction of sp³-hybridized carbons (Fsp3) is 0.167. The molecule has 0 aliphatic rings. The summed E-state index contributed by atoms with van der Waals surface area (Å²) < 4.78 is 4.59. The van der Waals surface area contributed by atoms with E-state index in [2.05, 4.69) is 4.74 Å². The van der Waals surface area contributed by atoms with Gasteiger partial charge in [-0.1, -0.05) is 17.7 Å². The van der Waals surface area contributed by atoms with E-state index in [1.54, 1.807) is 19.1 Å². The second-order valence-electron chi connectivity index (χ2n) is 3.05. The SMILES string of the molecule is CC=CC(=O)c1ccc(Cl)cc1C(=O)OC. The van der Waals surface area contributed by atoms with Crippen LogP contribution in [-0.4, -0.2) is 18.9 Å². The number of carbonyl (C=O) groups is 2. The highest BCUT2D eigenvalue weighted by atomic mass is 35.5. The van der Waals surface area contributed by atoms with Crippen molar-refractivity contribution in [2.45, 2.75) is 6.92 Å². The molecular formula is C12H11ClO3. The predicted molar refractivity (Wildman–Crippen MR) is 61.9 cm³/mol. The molecule has 0 heterocycles. The number of rotatable bonds is 3. The minimum absolute atomic E-state index is 0.179. The minimum atomic E-state index is -0.574. The Kier molecular flexibility index (Phi) is 4.26. The van der Waals surface area contributed by atoms with Gasteiger partial charge in [0.1, 0.15) is 0 Å². The zero-order chi connectivity index (χ0) is 12.1. The largest absolute Gasteiger partial charge is 0.465 e. The minimum Gasteiger partial charge on any atom is -0.465 e. The molecule has 0 bridgehead atoms. The van der Waals surface area contributed by atoms with Crippen molar-refractivity contribution in [2.75, 3.05) is 7.11 Å². The van der Waals surface area contributed by atoms with Crippen molar-refractivity contribution >= 4 is 23.4 Å². The third-order valence-electron chi connectivity index (χ3n) is 1.97. The molecule has 3 nitrogen and oxygen atoms in total. The Balaban J connectivity index is 3.27. The van der Waals surface area contributed by atoms with Crippen LogP contribution >= 0.6 is 11.6 Å². The molecule has 1 aromatic carbocycles. The number of carbonyl (C=O) groups excluding carboxylic acids is 2. The van der Waals surface area contributed by atoms with E-state index in [-0.39, 0.29) is 16.9 Å². The highest BCUT2D eigenvalue weighted by Gasteiger charge is 2.16. The van der Waals surface area contributed by atoms with Crippen LogP contribution in [0.2, 0.25) is 5.02 Å². The third kappa shape index (κ3) is 2.70. The normalized spacial score (nSPS) is 10.4. The lowest BCUT2D eigenvalue weighted by Crippen LogP contribution is -2.09. The Labute approximate surface area is 98.7 Å². The fourth-order valence-electron chi connectivity index (χ4n) is 1.25. The number of hydrogen-bond acceptors (Lipinski definition) is 3. The van der Waals surface area contributed by atoms with E-state index in [1.807, 2.05) is 0 Å². The van der Waals surface area contributed by atoms with Crippen LogP contribution in [0.15, 0.2) is 30.4 Å². The predicted octanol–water partition coefficient (Wildman–Crippen LogP) is 2.89. The smallest absolute Gasteiger partial charge is 0.338 e. The summed E-state index contributed by atoms with van der Waals surface area (Å²) in [7, 11) is 1.26. The molecule has 0 atom stereocenters. The maximum absolute atomic E-state index is 11.7. The van der Waals surface area contributed by atoms with Crippen molar-refractivity contribution in [1.82, 2.24) is 0 Å². The maximum Gasteiger partial charge on any atom is 0.338 e. The summed E-state index contributed by atoms with van der Waals surface area (Å²) in [6, 6.07) is 4.49. The number of methoxy groups -OCH3 is 1. The van der Waals surface area contributed by atoms with Gasteiger partial charge in [-0.15, -0.1) is 0 Å². The van der Waals surface area contributed by atoms with Crippen LogP contribution in [0.1, 0.15) is 27.6 Å². The van der Waals surface area contributed by atoms with Crippen molar-refractivity contribution in [2.24, 2.45) is 0 Å². The van der Waals surface area contributed by atoms with Crippen molar-refractivity contribution in [3.63, 3.8) is 0 Å². The molecule has 0 fully saturated rings. The second-order valence-corrected chi connectivity index (χ2v) is 3.48. The van der Waals surface area contributed by atoms with E-state index in [9.17, 15) is 9.59 Å². The molecule has 4 heteroatoms. The zero-order valence-corrected chi connectivity index (χ0v) is 9.75. The molecule has 84 valence electrons. The lowest BCUT2D eigenvalue weighted by Gasteiger charge is -2.05. The number of halogens is 1. The molecule has 0 unspecified atom stereocenters. The van der Waals surface area contributed by atoms with Gasteiger partial charge in [0.2, 0.25) is 0 Å². The van der Waals surface area contributed by atoms with Gasteiger partial charge >= 0.3 is 5.97 Å². The monoisotopic (exact) mass is 238 g/mol. The molecule has 0 aliphatic carbocycles. The Hall–Kier alpha value is -1.61. The van der Waals surface area contributed by atoms with Crippen molar-refractivity contribution < 1.29 is 14.3 Å². The van der Waals surface area contributed by atoms with Gasteiger partial charge < -0.3 is 4.74 Å². The van der Waals surface area contributed by atoms with Gasteiger partial charge in [0.15, 0.2) is 5.78 Å². The number of esters is 1. The standard InChI is InChI=1S/C12H11ClO3/c1-3-4-11(14)9-6-5-8(13)7-10(9)12(15)16-2/h3-7H,1-2H3. The molecule has 0 amide bonds. The molecule has 0 N–H and O–H groups in total. The van der Waals surface area contributed by atoms with Gasteiger partial charge in [-0.2, -0.15) is 0 Å². The quantitative estimate of drug-likeness (QED) is 0.462. The van der Waals surface area contributed by atoms with E-state index in [1.165, 1.54) is 25.3 Å². The van der Waals surface area contributed by atoms with Crippen LogP contribution in [0, 0.1) is 0 Å². The highest BCUT2D eigenvalue weighted by Crippen LogP contribution is 2.18. The van der Waals surface area contributed by atoms with Crippen LogP contribution in [0.3, 0.4) is 0 Å². The molecule has 0 saturated carbocycles. The number of allylic oxidation sites excluding steroid dienone is 2. The summed E-state index contributed by atoms with van der Waals surface area (Å²) in [5.74, 6) is -0.824. The van der Waals surface area contributed by atoms with E-state index in [4.69, 9.17) is 11.6 Å². The van der Waals surface area contributed by atoms with Gasteiger partial charge in [-0.3, -0.25) is 4.79 Å². The first-order chi connectivity index (χ1) is 7.60. The van der Waals surface area contributed by atoms with Crippen LogP contribution in [0.5, 0.6) is 0 Å². The summed E-state index contributed by atoms with van der Waals surface area (Å²) in [5.41, 5.74) is 0.465. The average molecular weight is 239 g/mol. The maximum atomic E-state index is 11.7. The Morgan fingerprint density at radius 1 is 1.31 bits per heavy atom. The van der Waals surface area contributed by atoms with Crippen molar-refractivity contribution in [3.05, 3.63) is 46.5 Å². The molecule has 0 radical (unpaired) electrons. The van der Waals surface area contributed by atoms with E-state index < -0.39 is 5.97 Å². The van der Waals surface area contributed by atoms with Gasteiger partial charge in [0, 0.05) is 10.6 Å². The topological polar surface area (TPSA) is 43.4 Å². The van der Waals surface area contributed by atoms with E-state index in [0.29, 0.717) is 5.02 Å². The molecule has 0 aliphatic heterocycles. The molecule has 0 saturated heterocycles. The van der Waals surface area contributed by atoms with Gasteiger partial charge in [0.25, 0.3) is 0 Å². The Bertz CT molecular complexity index is 450. The van der Waals surface area contributed by atoms with Gasteiger partial charge in [0.05, 0.1) is 12.7 Å². The number of ketones is 1. The Morgan fingerprint density at radius 3 is 2.56 bits per heavy atom. The van der Waals surface area contributed by atoms with Gasteiger partial charge in [-0.05, 0) is 31.2 Å². The number of ether oxygens (including phenoxy) is 1. The summed E-state index contributed by atoms with van der Waals surface area (Å²) in [4.78, 5) is 23.1. The average Bonchev–Trinajstić information content (AvgIpc) is 2.28. The summed E-state index contributed by atoms with van der Waals surface area (Å²) in [5, 5.41) is 0.387. The third-order valence-corrected chi connectivity index (χ3v) is 2.21. The molecule has 16 heavy (non-hydrogen) atoms. The number of benzene rings is 1. The fourth-order valence-corrected chi connectivity index (χ4v) is 1.42. The van der Waals surface area contributed by atoms with Crippen LogP contribution in [-0.2, 0) is 4.74 Å². The first kappa shape index (κ1) is 12.5. The first-order valence-corrected chi connectivity index (χ1v) is 5.02. The summed E-state index contributed by atoms with van der Waals surface area (Å²) >= 11 is 5.76. The lowest BCUT2D eigenvalue weighted by molar-refractivity contribution is 0.0597. The van der Waals surface area contributed by atoms with Crippen LogP contribution in [0.4, 0.5) is 0 Å². The van der Waals surface area contributed by atoms with Crippen LogP contribution in [0.25, 0.3) is 0 Å². The highest BCUT2D eigenvalue weighted by molar-refractivity contribution is 6.31. The molecular weight excluding hydrogens is 228 g/mol. The summed E-state index contributed by atoms with van der Waals surface area (Å²) in [6.07, 6.45) is 2.99. The van der Waals surface area contributed by atoms with Crippen molar-refractivity contribution in [1.29, 1.82) is 0 Å². The zero-order valence-electron chi connectivity index (χ0n) is 8.99. The Morgan fingerprint density at radius 2 is 2.00 bits per heavy atom. The number of hydrogen-bond donors (Lipinski definition) is 0. The second kappa shape index (κ2) is 5.47. The van der Waals surface area contributed by atoms with Crippen molar-refractivity contribution in [3.8, 4) is 0 Å². The van der Waals surface area contributed by atoms with Crippen LogP contribution < -0.4 is 0 Å². The summed E-state index contributed by atoms with van der Waals surface area (Å²) in [6.45, 7) is 1.73. The molecule has 1 rings (SSSR count). The molecule has 0 aromatic heterocycles. The lowest BCUT2D eigenvalue weighted by atomic mass is 10.0. The van der Waals surface area contributed by atoms with E-state index >= 15 is 0 Å². The molecule has 0 spiro atoms. The van der Waals surface area contributed by atoms with E-state index in [0.717, 1.165) is 0 Å². The molecule has 1 aromatic rings.